The highest BCUT2D eigenvalue weighted by molar-refractivity contribution is 5.92. The topological polar surface area (TPSA) is 75.0 Å². The van der Waals surface area contributed by atoms with E-state index in [2.05, 4.69) is 31.0 Å². The Balaban J connectivity index is 2.69. The normalized spacial score (nSPS) is 11.5. The average Bonchev–Trinajstić information content (AvgIpc) is 2.47. The summed E-state index contributed by atoms with van der Waals surface area (Å²) in [7, 11) is 1.77. The molecule has 0 aliphatic carbocycles. The standard InChI is InChI=1S/C10H18N4O/c1-10(2,3)6-14(4)9(15)7-5-8(11)13-12-7/h5H,6H2,1-4H3,(H3,11,12,13). The molecule has 1 aromatic rings. The van der Waals surface area contributed by atoms with Gasteiger partial charge in [-0.2, -0.15) is 5.10 Å². The number of H-pyrrole nitrogens is 1. The summed E-state index contributed by atoms with van der Waals surface area (Å²) in [5.41, 5.74) is 5.94. The summed E-state index contributed by atoms with van der Waals surface area (Å²) >= 11 is 0. The number of nitrogens with zero attached hydrogens (tertiary/aromatic N) is 2. The number of nitrogens with one attached hydrogen (secondary N) is 1. The van der Waals surface area contributed by atoms with E-state index in [-0.39, 0.29) is 11.3 Å². The molecular weight excluding hydrogens is 192 g/mol. The number of rotatable bonds is 2. The van der Waals surface area contributed by atoms with Crippen LogP contribution in [0.2, 0.25) is 0 Å². The van der Waals surface area contributed by atoms with Crippen molar-refractivity contribution in [3.63, 3.8) is 0 Å². The molecule has 0 bridgehead atoms. The van der Waals surface area contributed by atoms with Crippen LogP contribution < -0.4 is 5.73 Å². The highest BCUT2D eigenvalue weighted by Crippen LogP contribution is 2.15. The van der Waals surface area contributed by atoms with E-state index in [9.17, 15) is 4.79 Å². The maximum Gasteiger partial charge on any atom is 0.271 e. The number of carbonyl (C=O) groups excluding carboxylic acids is 1. The van der Waals surface area contributed by atoms with E-state index in [0.717, 1.165) is 0 Å². The number of carbonyl (C=O) groups is 1. The summed E-state index contributed by atoms with van der Waals surface area (Å²) in [5, 5.41) is 6.33. The summed E-state index contributed by atoms with van der Waals surface area (Å²) in [4.78, 5) is 13.5. The number of aromatic amines is 1. The fourth-order valence-electron chi connectivity index (χ4n) is 1.44. The van der Waals surface area contributed by atoms with E-state index in [4.69, 9.17) is 5.73 Å². The first-order chi connectivity index (χ1) is 6.79. The lowest BCUT2D eigenvalue weighted by Gasteiger charge is -2.26. The van der Waals surface area contributed by atoms with Crippen LogP contribution in [0.4, 0.5) is 5.82 Å². The van der Waals surface area contributed by atoms with Crippen molar-refractivity contribution in [2.24, 2.45) is 5.41 Å². The molecule has 0 radical (unpaired) electrons. The van der Waals surface area contributed by atoms with Crippen LogP contribution in [0, 0.1) is 5.41 Å². The number of nitrogen functional groups attached to an aromatic ring is 1. The summed E-state index contributed by atoms with van der Waals surface area (Å²) in [5.74, 6) is 0.247. The summed E-state index contributed by atoms with van der Waals surface area (Å²) in [6, 6.07) is 1.54. The number of nitrogens with two attached hydrogens (primary N) is 1. The molecule has 0 unspecified atom stereocenters. The first kappa shape index (κ1) is 11.6. The number of amides is 1. The van der Waals surface area contributed by atoms with E-state index in [1.54, 1.807) is 18.0 Å². The first-order valence-electron chi connectivity index (χ1n) is 4.86. The van der Waals surface area contributed by atoms with Gasteiger partial charge in [0.15, 0.2) is 0 Å². The van der Waals surface area contributed by atoms with Crippen LogP contribution in [0.15, 0.2) is 6.07 Å². The second-order valence-electron chi connectivity index (χ2n) is 4.93. The molecule has 1 rings (SSSR count). The fourth-order valence-corrected chi connectivity index (χ4v) is 1.44. The smallest absolute Gasteiger partial charge is 0.271 e. The number of hydrogen-bond donors (Lipinski definition) is 2. The summed E-state index contributed by atoms with van der Waals surface area (Å²) in [6.45, 7) is 6.93. The van der Waals surface area contributed by atoms with Crippen LogP contribution in [-0.4, -0.2) is 34.6 Å². The van der Waals surface area contributed by atoms with Crippen LogP contribution >= 0.6 is 0 Å². The fraction of sp³-hybridized carbons (Fsp3) is 0.600. The molecule has 0 aromatic carbocycles. The lowest BCUT2D eigenvalue weighted by atomic mass is 9.96. The Morgan fingerprint density at radius 3 is 2.60 bits per heavy atom. The minimum atomic E-state index is -0.0888. The van der Waals surface area contributed by atoms with Gasteiger partial charge in [-0.1, -0.05) is 20.8 Å². The predicted octanol–water partition coefficient (Wildman–Crippen LogP) is 1.11. The molecule has 3 N–H and O–H groups in total. The Morgan fingerprint density at radius 2 is 2.20 bits per heavy atom. The van der Waals surface area contributed by atoms with E-state index in [0.29, 0.717) is 18.1 Å². The van der Waals surface area contributed by atoms with Crippen molar-refractivity contribution in [1.82, 2.24) is 15.1 Å². The van der Waals surface area contributed by atoms with Crippen molar-refractivity contribution in [3.05, 3.63) is 11.8 Å². The molecule has 0 atom stereocenters. The van der Waals surface area contributed by atoms with Gasteiger partial charge in [-0.05, 0) is 5.41 Å². The van der Waals surface area contributed by atoms with E-state index >= 15 is 0 Å². The van der Waals surface area contributed by atoms with E-state index < -0.39 is 0 Å². The Bertz CT molecular complexity index is 351. The molecule has 1 amide bonds. The van der Waals surface area contributed by atoms with Gasteiger partial charge < -0.3 is 10.6 Å². The number of anilines is 1. The van der Waals surface area contributed by atoms with Gasteiger partial charge in [-0.25, -0.2) is 0 Å². The quantitative estimate of drug-likeness (QED) is 0.767. The average molecular weight is 210 g/mol. The van der Waals surface area contributed by atoms with Crippen LogP contribution in [0.3, 0.4) is 0 Å². The lowest BCUT2D eigenvalue weighted by Crippen LogP contribution is -2.34. The third-order valence-corrected chi connectivity index (χ3v) is 1.89. The summed E-state index contributed by atoms with van der Waals surface area (Å²) < 4.78 is 0. The molecular formula is C10H18N4O. The molecule has 0 fully saturated rings. The Morgan fingerprint density at radius 1 is 1.60 bits per heavy atom. The maximum atomic E-state index is 11.8. The van der Waals surface area contributed by atoms with Gasteiger partial charge in [0.2, 0.25) is 0 Å². The zero-order valence-corrected chi connectivity index (χ0v) is 9.66. The second kappa shape index (κ2) is 3.92. The van der Waals surface area contributed by atoms with Crippen molar-refractivity contribution in [2.45, 2.75) is 20.8 Å². The third-order valence-electron chi connectivity index (χ3n) is 1.89. The molecule has 84 valence electrons. The highest BCUT2D eigenvalue weighted by atomic mass is 16.2. The monoisotopic (exact) mass is 210 g/mol. The van der Waals surface area contributed by atoms with Gasteiger partial charge in [0.25, 0.3) is 5.91 Å². The van der Waals surface area contributed by atoms with Crippen LogP contribution in [0.5, 0.6) is 0 Å². The Kier molecular flexibility index (Phi) is 3.02. The molecule has 5 nitrogen and oxygen atoms in total. The van der Waals surface area contributed by atoms with Gasteiger partial charge >= 0.3 is 0 Å². The van der Waals surface area contributed by atoms with Gasteiger partial charge in [0.1, 0.15) is 11.5 Å². The second-order valence-corrected chi connectivity index (χ2v) is 4.93. The SMILES string of the molecule is CN(CC(C)(C)C)C(=O)c1cc(N)n[nH]1. The van der Waals surface area contributed by atoms with Crippen molar-refractivity contribution >= 4 is 11.7 Å². The van der Waals surface area contributed by atoms with Gasteiger partial charge in [-0.3, -0.25) is 9.89 Å². The van der Waals surface area contributed by atoms with Crippen LogP contribution in [0.1, 0.15) is 31.3 Å². The largest absolute Gasteiger partial charge is 0.382 e. The van der Waals surface area contributed by atoms with Crippen LogP contribution in [0.25, 0.3) is 0 Å². The van der Waals surface area contributed by atoms with Crippen LogP contribution in [-0.2, 0) is 0 Å². The molecule has 0 spiro atoms. The van der Waals surface area contributed by atoms with Crippen molar-refractivity contribution in [3.8, 4) is 0 Å². The number of hydrogen-bond acceptors (Lipinski definition) is 3. The molecule has 1 heterocycles. The predicted molar refractivity (Wildman–Crippen MR) is 59.4 cm³/mol. The zero-order chi connectivity index (χ0) is 11.6. The zero-order valence-electron chi connectivity index (χ0n) is 9.66. The Labute approximate surface area is 89.6 Å². The minimum absolute atomic E-state index is 0.0793. The molecule has 15 heavy (non-hydrogen) atoms. The molecule has 5 heteroatoms. The van der Waals surface area contributed by atoms with E-state index in [1.807, 2.05) is 0 Å². The van der Waals surface area contributed by atoms with Gasteiger partial charge in [0, 0.05) is 19.7 Å². The summed E-state index contributed by atoms with van der Waals surface area (Å²) in [6.07, 6.45) is 0. The minimum Gasteiger partial charge on any atom is -0.382 e. The third kappa shape index (κ3) is 3.27. The molecule has 0 saturated heterocycles. The Hall–Kier alpha value is -1.52. The highest BCUT2D eigenvalue weighted by Gasteiger charge is 2.19. The maximum absolute atomic E-state index is 11.8. The van der Waals surface area contributed by atoms with E-state index in [1.165, 1.54) is 0 Å². The first-order valence-corrected chi connectivity index (χ1v) is 4.86. The molecule has 0 saturated carbocycles. The van der Waals surface area contributed by atoms with Gasteiger partial charge in [-0.15, -0.1) is 0 Å². The van der Waals surface area contributed by atoms with Crippen molar-refractivity contribution < 1.29 is 4.79 Å². The van der Waals surface area contributed by atoms with Gasteiger partial charge in [0.05, 0.1) is 0 Å². The number of aromatic nitrogens is 2. The molecule has 1 aromatic heterocycles. The van der Waals surface area contributed by atoms with Crippen molar-refractivity contribution in [1.29, 1.82) is 0 Å². The molecule has 0 aliphatic rings. The molecule has 0 aliphatic heterocycles. The lowest BCUT2D eigenvalue weighted by molar-refractivity contribution is 0.0740. The van der Waals surface area contributed by atoms with Crippen molar-refractivity contribution in [2.75, 3.05) is 19.3 Å².